The maximum absolute atomic E-state index is 12.6. The van der Waals surface area contributed by atoms with Gasteiger partial charge in [-0.15, -0.1) is 0 Å². The number of aryl methyl sites for hydroxylation is 1. The molecule has 0 bridgehead atoms. The number of allylic oxidation sites excluding steroid dienone is 1. The van der Waals surface area contributed by atoms with Crippen LogP contribution in [-0.4, -0.2) is 13.0 Å². The van der Waals surface area contributed by atoms with E-state index < -0.39 is 0 Å². The van der Waals surface area contributed by atoms with Crippen LogP contribution in [0.25, 0.3) is 27.7 Å². The summed E-state index contributed by atoms with van der Waals surface area (Å²) in [6, 6.07) is 20.0. The molecule has 0 aliphatic heterocycles. The van der Waals surface area contributed by atoms with E-state index in [-0.39, 0.29) is 5.91 Å². The summed E-state index contributed by atoms with van der Waals surface area (Å²) in [7, 11) is 1.64. The van der Waals surface area contributed by atoms with Crippen LogP contribution < -0.4 is 10.1 Å². The Labute approximate surface area is 196 Å². The molecule has 0 aliphatic carbocycles. The van der Waals surface area contributed by atoms with E-state index in [4.69, 9.17) is 9.15 Å². The summed E-state index contributed by atoms with van der Waals surface area (Å²) in [5.41, 5.74) is 6.49. The van der Waals surface area contributed by atoms with E-state index in [1.165, 1.54) is 0 Å². The monoisotopic (exact) mass is 489 g/mol. The molecule has 4 rings (SSSR count). The Morgan fingerprint density at radius 3 is 2.53 bits per heavy atom. The maximum Gasteiger partial charge on any atom is 0.244 e. The van der Waals surface area contributed by atoms with Gasteiger partial charge in [0, 0.05) is 39.2 Å². The quantitative estimate of drug-likeness (QED) is 0.299. The van der Waals surface area contributed by atoms with E-state index >= 15 is 0 Å². The minimum atomic E-state index is -0.147. The number of nitrogens with one attached hydrogen (secondary N) is 1. The van der Waals surface area contributed by atoms with Gasteiger partial charge in [0.25, 0.3) is 0 Å². The number of furan rings is 1. The van der Waals surface area contributed by atoms with Crippen molar-refractivity contribution >= 4 is 38.4 Å². The van der Waals surface area contributed by atoms with Crippen molar-refractivity contribution in [2.45, 2.75) is 20.4 Å². The van der Waals surface area contributed by atoms with E-state index in [9.17, 15) is 4.79 Å². The molecule has 0 saturated carbocycles. The Kier molecular flexibility index (Phi) is 6.47. The molecule has 1 amide bonds. The number of rotatable bonds is 6. The van der Waals surface area contributed by atoms with Gasteiger partial charge in [-0.05, 0) is 48.7 Å². The fraction of sp³-hybridized carbons (Fsp3) is 0.148. The number of amides is 1. The van der Waals surface area contributed by atoms with E-state index in [2.05, 4.69) is 21.2 Å². The molecule has 0 atom stereocenters. The van der Waals surface area contributed by atoms with Gasteiger partial charge in [0.05, 0.1) is 13.4 Å². The first kappa shape index (κ1) is 21.9. The molecule has 5 heteroatoms. The lowest BCUT2D eigenvalue weighted by Gasteiger charge is -2.13. The number of carbonyl (C=O) groups is 1. The normalized spacial score (nSPS) is 11.6. The third-order valence-electron chi connectivity index (χ3n) is 5.49. The van der Waals surface area contributed by atoms with Crippen LogP contribution in [0.3, 0.4) is 0 Å². The van der Waals surface area contributed by atoms with Crippen LogP contribution in [0.4, 0.5) is 0 Å². The Morgan fingerprint density at radius 2 is 1.84 bits per heavy atom. The van der Waals surface area contributed by atoms with Gasteiger partial charge in [-0.25, -0.2) is 0 Å². The summed E-state index contributed by atoms with van der Waals surface area (Å²) in [6.07, 6.45) is 3.39. The molecule has 4 nitrogen and oxygen atoms in total. The van der Waals surface area contributed by atoms with Crippen LogP contribution >= 0.6 is 15.9 Å². The Bertz CT molecular complexity index is 1290. The summed E-state index contributed by atoms with van der Waals surface area (Å²) < 4.78 is 12.6. The standard InChI is InChI=1S/C27H24BrNO3/c1-17(13-25(30)29-15-19-7-5-4-6-8-19)22-14-23-24(20-9-11-21(28)12-10-20)16-32-27(23)18(2)26(22)31-3/h4-14,16H,15H2,1-3H3,(H,29,30)/b17-13+. The van der Waals surface area contributed by atoms with Gasteiger partial charge in [0.2, 0.25) is 5.91 Å². The zero-order chi connectivity index (χ0) is 22.7. The number of benzene rings is 3. The van der Waals surface area contributed by atoms with Gasteiger partial charge in [-0.3, -0.25) is 4.79 Å². The van der Waals surface area contributed by atoms with Gasteiger partial charge in [-0.1, -0.05) is 58.4 Å². The highest BCUT2D eigenvalue weighted by molar-refractivity contribution is 9.10. The Balaban J connectivity index is 1.70. The average molecular weight is 490 g/mol. The molecule has 1 heterocycles. The predicted molar refractivity (Wildman–Crippen MR) is 133 cm³/mol. The first-order chi connectivity index (χ1) is 15.5. The number of methoxy groups -OCH3 is 1. The summed E-state index contributed by atoms with van der Waals surface area (Å²) in [5.74, 6) is 0.560. The van der Waals surface area contributed by atoms with Gasteiger partial charge in [0.1, 0.15) is 11.3 Å². The van der Waals surface area contributed by atoms with Gasteiger partial charge in [-0.2, -0.15) is 0 Å². The van der Waals surface area contributed by atoms with Crippen LogP contribution in [-0.2, 0) is 11.3 Å². The van der Waals surface area contributed by atoms with Gasteiger partial charge in [0.15, 0.2) is 0 Å². The van der Waals surface area contributed by atoms with Crippen LogP contribution in [0.1, 0.15) is 23.6 Å². The number of hydrogen-bond acceptors (Lipinski definition) is 3. The molecule has 1 aromatic heterocycles. The van der Waals surface area contributed by atoms with Crippen LogP contribution in [0.2, 0.25) is 0 Å². The predicted octanol–water partition coefficient (Wildman–Crippen LogP) is 6.90. The summed E-state index contributed by atoms with van der Waals surface area (Å²) >= 11 is 3.48. The third-order valence-corrected chi connectivity index (χ3v) is 6.01. The fourth-order valence-electron chi connectivity index (χ4n) is 3.84. The van der Waals surface area contributed by atoms with Gasteiger partial charge < -0.3 is 14.5 Å². The number of fused-ring (bicyclic) bond motifs is 1. The van der Waals surface area contributed by atoms with Crippen molar-refractivity contribution in [1.82, 2.24) is 5.32 Å². The molecule has 0 saturated heterocycles. The minimum absolute atomic E-state index is 0.147. The highest BCUT2D eigenvalue weighted by atomic mass is 79.9. The average Bonchev–Trinajstić information content (AvgIpc) is 3.23. The van der Waals surface area contributed by atoms with Crippen LogP contribution in [0.15, 0.2) is 81.9 Å². The summed E-state index contributed by atoms with van der Waals surface area (Å²) in [5, 5.41) is 3.93. The lowest BCUT2D eigenvalue weighted by atomic mass is 9.96. The SMILES string of the molecule is COc1c(/C(C)=C/C(=O)NCc2ccccc2)cc2c(-c3ccc(Br)cc3)coc2c1C. The highest BCUT2D eigenvalue weighted by Crippen LogP contribution is 2.40. The van der Waals surface area contributed by atoms with Crippen LogP contribution in [0, 0.1) is 6.92 Å². The number of halogens is 1. The largest absolute Gasteiger partial charge is 0.496 e. The smallest absolute Gasteiger partial charge is 0.244 e. The highest BCUT2D eigenvalue weighted by Gasteiger charge is 2.18. The van der Waals surface area contributed by atoms with Crippen molar-refractivity contribution in [2.75, 3.05) is 7.11 Å². The van der Waals surface area contributed by atoms with Crippen molar-refractivity contribution in [2.24, 2.45) is 0 Å². The van der Waals surface area contributed by atoms with E-state index in [0.717, 1.165) is 48.8 Å². The molecule has 1 N–H and O–H groups in total. The second-order valence-corrected chi connectivity index (χ2v) is 8.56. The van der Waals surface area contributed by atoms with E-state index in [0.29, 0.717) is 12.3 Å². The van der Waals surface area contributed by atoms with Crippen molar-refractivity contribution in [3.05, 3.63) is 94.2 Å². The third kappa shape index (κ3) is 4.48. The number of hydrogen-bond donors (Lipinski definition) is 1. The Morgan fingerprint density at radius 1 is 1.12 bits per heavy atom. The van der Waals surface area contributed by atoms with Crippen molar-refractivity contribution in [3.8, 4) is 16.9 Å². The summed E-state index contributed by atoms with van der Waals surface area (Å²) in [4.78, 5) is 12.6. The first-order valence-corrected chi connectivity index (χ1v) is 11.1. The van der Waals surface area contributed by atoms with Crippen LogP contribution in [0.5, 0.6) is 5.75 Å². The Hall–Kier alpha value is -3.31. The molecule has 32 heavy (non-hydrogen) atoms. The second kappa shape index (κ2) is 9.45. The molecule has 0 spiro atoms. The van der Waals surface area contributed by atoms with Gasteiger partial charge >= 0.3 is 0 Å². The second-order valence-electron chi connectivity index (χ2n) is 7.65. The zero-order valence-electron chi connectivity index (χ0n) is 18.2. The van der Waals surface area contributed by atoms with Crippen molar-refractivity contribution in [3.63, 3.8) is 0 Å². The molecule has 0 unspecified atom stereocenters. The first-order valence-electron chi connectivity index (χ1n) is 10.3. The molecular weight excluding hydrogens is 466 g/mol. The summed E-state index contributed by atoms with van der Waals surface area (Å²) in [6.45, 7) is 4.38. The molecule has 4 aromatic rings. The van der Waals surface area contributed by atoms with E-state index in [1.807, 2.05) is 74.5 Å². The zero-order valence-corrected chi connectivity index (χ0v) is 19.8. The molecule has 3 aromatic carbocycles. The maximum atomic E-state index is 12.6. The topological polar surface area (TPSA) is 51.5 Å². The fourth-order valence-corrected chi connectivity index (χ4v) is 4.10. The van der Waals surface area contributed by atoms with Crippen molar-refractivity contribution in [1.29, 1.82) is 0 Å². The molecular formula is C27H24BrNO3. The minimum Gasteiger partial charge on any atom is -0.496 e. The number of carbonyl (C=O) groups excluding carboxylic acids is 1. The number of ether oxygens (including phenoxy) is 1. The molecule has 0 aliphatic rings. The lowest BCUT2D eigenvalue weighted by Crippen LogP contribution is -2.20. The van der Waals surface area contributed by atoms with Crippen molar-refractivity contribution < 1.29 is 13.9 Å². The molecule has 0 fully saturated rings. The molecule has 162 valence electrons. The molecule has 0 radical (unpaired) electrons. The van der Waals surface area contributed by atoms with E-state index in [1.54, 1.807) is 19.4 Å². The lowest BCUT2D eigenvalue weighted by molar-refractivity contribution is -0.116.